The third kappa shape index (κ3) is 15.5. The second kappa shape index (κ2) is 32.1. The first kappa shape index (κ1) is 68.9. The minimum atomic E-state index is -0.246. The summed E-state index contributed by atoms with van der Waals surface area (Å²) in [5.74, 6) is 1.85. The molecule has 98 heavy (non-hydrogen) atoms. The molecule has 3 fully saturated rings. The molecule has 5 N–H and O–H groups in total. The molecule has 3 aliphatic heterocycles. The Morgan fingerprint density at radius 3 is 1.43 bits per heavy atom. The van der Waals surface area contributed by atoms with Crippen molar-refractivity contribution in [1.29, 1.82) is 0 Å². The Morgan fingerprint density at radius 2 is 1.02 bits per heavy atom. The van der Waals surface area contributed by atoms with Crippen LogP contribution in [0.2, 0.25) is 0 Å². The van der Waals surface area contributed by atoms with E-state index in [0.29, 0.717) is 61.6 Å². The van der Waals surface area contributed by atoms with Crippen molar-refractivity contribution in [2.45, 2.75) is 131 Å². The van der Waals surface area contributed by atoms with E-state index in [0.717, 1.165) is 230 Å². The van der Waals surface area contributed by atoms with E-state index in [-0.39, 0.29) is 31.3 Å². The first-order chi connectivity index (χ1) is 47.9. The van der Waals surface area contributed by atoms with Crippen LogP contribution in [0, 0.1) is 0 Å². The molecule has 5 aliphatic rings. The number of piperazine rings is 2. The number of aryl methyl sites for hydroxylation is 6. The van der Waals surface area contributed by atoms with Gasteiger partial charge >= 0.3 is 0 Å². The SMILES string of the molecule is CCc1cccc(CC)c1NC(=O)c1nn(CCO)c2c1CCCc1cnc(Nc3ccc(N4CCN(C)CC4)cc3OC)nc1-2.CCc1cccc(CC)c1NC(=O)c1nn(CCOC2CCCCO2)c2c1CCCc1cnc(Nc3ccc(N4CCN(C)CC4)cc3OC)nc1-2. The molecule has 518 valence electrons. The molecular weight excluding hydrogens is 1240 g/mol. The van der Waals surface area contributed by atoms with Crippen LogP contribution >= 0.6 is 0 Å². The number of carbonyl (C=O) groups is 2. The number of ether oxygens (including phenoxy) is 4. The third-order valence-electron chi connectivity index (χ3n) is 19.6. The van der Waals surface area contributed by atoms with Gasteiger partial charge in [0.05, 0.1) is 74.7 Å². The third-order valence-corrected chi connectivity index (χ3v) is 19.6. The van der Waals surface area contributed by atoms with E-state index in [1.165, 1.54) is 0 Å². The Morgan fingerprint density at radius 1 is 0.571 bits per heavy atom. The molecule has 13 rings (SSSR count). The highest BCUT2D eigenvalue weighted by Crippen LogP contribution is 2.40. The van der Waals surface area contributed by atoms with Gasteiger partial charge in [0.25, 0.3) is 11.8 Å². The Bertz CT molecular complexity index is 4050. The van der Waals surface area contributed by atoms with Crippen molar-refractivity contribution in [2.24, 2.45) is 0 Å². The number of nitrogens with zero attached hydrogens (tertiary/aromatic N) is 12. The summed E-state index contributed by atoms with van der Waals surface area (Å²) in [7, 11) is 7.66. The highest BCUT2D eigenvalue weighted by molar-refractivity contribution is 6.07. The summed E-state index contributed by atoms with van der Waals surface area (Å²) in [6, 6.07) is 24.7. The van der Waals surface area contributed by atoms with Crippen LogP contribution in [0.25, 0.3) is 22.8 Å². The predicted octanol–water partition coefficient (Wildman–Crippen LogP) is 11.0. The van der Waals surface area contributed by atoms with Crippen LogP contribution in [0.4, 0.5) is 46.0 Å². The number of anilines is 8. The Labute approximate surface area is 575 Å². The van der Waals surface area contributed by atoms with E-state index in [4.69, 9.17) is 44.1 Å². The molecule has 23 heteroatoms. The molecule has 0 saturated carbocycles. The molecule has 2 amide bonds. The van der Waals surface area contributed by atoms with E-state index >= 15 is 0 Å². The number of amides is 2. The number of aromatic nitrogens is 8. The van der Waals surface area contributed by atoms with Crippen LogP contribution in [-0.2, 0) is 73.9 Å². The normalized spacial score (nSPS) is 16.3. The van der Waals surface area contributed by atoms with Crippen LogP contribution in [0.1, 0.15) is 125 Å². The summed E-state index contributed by atoms with van der Waals surface area (Å²) in [5.41, 5.74) is 17.6. The summed E-state index contributed by atoms with van der Waals surface area (Å²) in [4.78, 5) is 57.0. The summed E-state index contributed by atoms with van der Waals surface area (Å²) in [5, 5.41) is 33.0. The van der Waals surface area contributed by atoms with Gasteiger partial charge in [-0.3, -0.25) is 19.0 Å². The molecule has 0 radical (unpaired) electrons. The Kier molecular flexibility index (Phi) is 22.6. The number of nitrogens with one attached hydrogen (secondary N) is 4. The summed E-state index contributed by atoms with van der Waals surface area (Å²) in [6.45, 7) is 18.1. The van der Waals surface area contributed by atoms with Crippen LogP contribution in [0.5, 0.6) is 11.5 Å². The van der Waals surface area contributed by atoms with Crippen molar-refractivity contribution in [2.75, 3.05) is 132 Å². The fourth-order valence-electron chi connectivity index (χ4n) is 14.0. The minimum absolute atomic E-state index is 0.115. The molecule has 4 aromatic heterocycles. The Hall–Kier alpha value is -9.00. The largest absolute Gasteiger partial charge is 0.494 e. The average molecular weight is 1330 g/mol. The molecule has 1 unspecified atom stereocenters. The fraction of sp³-hybridized carbons (Fsp3) is 0.467. The lowest BCUT2D eigenvalue weighted by Crippen LogP contribution is -2.44. The standard InChI is InChI=1S/C40H52N8O4.C35H44N8O3/c1-5-27-11-9-12-28(6-2)35(27)43-39(49)37-31-14-10-13-29-26-41-40(42-32-17-16-30(25-33(32)50-4)47-20-18-46(3)19-21-47)44-36(29)38(31)48(45-37)22-24-52-34-15-7-8-23-51-34;1-5-23-9-7-10-24(6-2)30(23)38-34(45)32-27-12-8-11-25-22-36-35(39-31(25)33(27)43(40-32)19-20-44)37-28-14-13-26(21-29(28)46-4)42-17-15-41(3)16-18-42/h9,11-12,16-17,25-26,34H,5-8,10,13-15,18-24H2,1-4H3,(H,43,49)(H,41,42,44);7,9-10,13-14,21-22,44H,5-6,8,11-12,15-20H2,1-4H3,(H,38,45)(H,36,37,39). The highest BCUT2D eigenvalue weighted by atomic mass is 16.7. The minimum Gasteiger partial charge on any atom is -0.494 e. The van der Waals surface area contributed by atoms with Gasteiger partial charge in [0, 0.05) is 117 Å². The van der Waals surface area contributed by atoms with Gasteiger partial charge in [-0.1, -0.05) is 64.1 Å². The fourth-order valence-corrected chi connectivity index (χ4v) is 14.0. The van der Waals surface area contributed by atoms with Gasteiger partial charge in [0.2, 0.25) is 11.9 Å². The number of carbonyl (C=O) groups excluding carboxylic acids is 2. The number of methoxy groups -OCH3 is 2. The van der Waals surface area contributed by atoms with Gasteiger partial charge in [-0.05, 0) is 155 Å². The molecular formula is C75H96N16O7. The van der Waals surface area contributed by atoms with E-state index in [1.807, 2.05) is 35.3 Å². The summed E-state index contributed by atoms with van der Waals surface area (Å²) in [6.07, 6.45) is 14.4. The van der Waals surface area contributed by atoms with Gasteiger partial charge in [-0.25, -0.2) is 19.9 Å². The molecule has 0 bridgehead atoms. The van der Waals surface area contributed by atoms with Crippen molar-refractivity contribution in [3.63, 3.8) is 0 Å². The molecule has 23 nitrogen and oxygen atoms in total. The highest BCUT2D eigenvalue weighted by Gasteiger charge is 2.32. The predicted molar refractivity (Wildman–Crippen MR) is 385 cm³/mol. The lowest BCUT2D eigenvalue weighted by atomic mass is 10.0. The first-order valence-electron chi connectivity index (χ1n) is 35.3. The van der Waals surface area contributed by atoms with E-state index in [1.54, 1.807) is 18.9 Å². The number of likely N-dealkylation sites (N-methyl/N-ethyl adjacent to an activating group) is 2. The number of aliphatic hydroxyl groups is 1. The van der Waals surface area contributed by atoms with Crippen molar-refractivity contribution in [3.8, 4) is 34.3 Å². The zero-order chi connectivity index (χ0) is 68.2. The molecule has 2 aliphatic carbocycles. The number of rotatable bonds is 22. The number of hydrogen-bond acceptors (Lipinski definition) is 19. The Balaban J connectivity index is 0.000000188. The molecule has 7 heterocycles. The van der Waals surface area contributed by atoms with Gasteiger partial charge in [0.15, 0.2) is 17.7 Å². The lowest BCUT2D eigenvalue weighted by molar-refractivity contribution is -0.163. The smallest absolute Gasteiger partial charge is 0.276 e. The van der Waals surface area contributed by atoms with E-state index in [9.17, 15) is 14.7 Å². The second-order valence-corrected chi connectivity index (χ2v) is 25.9. The molecule has 1 atom stereocenters. The van der Waals surface area contributed by atoms with E-state index < -0.39 is 0 Å². The monoisotopic (exact) mass is 1330 g/mol. The maximum atomic E-state index is 14.2. The molecule has 8 aromatic rings. The summed E-state index contributed by atoms with van der Waals surface area (Å²) < 4.78 is 27.3. The van der Waals surface area contributed by atoms with Crippen LogP contribution < -0.4 is 40.5 Å². The molecule has 3 saturated heterocycles. The van der Waals surface area contributed by atoms with Crippen molar-refractivity contribution >= 4 is 57.8 Å². The van der Waals surface area contributed by atoms with Crippen molar-refractivity contribution in [1.82, 2.24) is 49.3 Å². The van der Waals surface area contributed by atoms with Gasteiger partial charge in [0.1, 0.15) is 11.5 Å². The van der Waals surface area contributed by atoms with Crippen molar-refractivity contribution < 1.29 is 33.6 Å². The van der Waals surface area contributed by atoms with Crippen LogP contribution in [0.3, 0.4) is 0 Å². The maximum Gasteiger partial charge on any atom is 0.276 e. The number of fused-ring (bicyclic) bond motifs is 6. The second-order valence-electron chi connectivity index (χ2n) is 25.9. The van der Waals surface area contributed by atoms with Gasteiger partial charge < -0.3 is 64.9 Å². The van der Waals surface area contributed by atoms with Crippen molar-refractivity contribution in [3.05, 3.63) is 141 Å². The van der Waals surface area contributed by atoms with Crippen LogP contribution in [-0.4, -0.2) is 173 Å². The quantitative estimate of drug-likeness (QED) is 0.0424. The lowest BCUT2D eigenvalue weighted by Gasteiger charge is -2.34. The van der Waals surface area contributed by atoms with Gasteiger partial charge in [-0.15, -0.1) is 0 Å². The average Bonchev–Trinajstić information content (AvgIpc) is 1.61. The van der Waals surface area contributed by atoms with Gasteiger partial charge in [-0.2, -0.15) is 10.2 Å². The zero-order valence-corrected chi connectivity index (χ0v) is 58.3. The number of benzene rings is 4. The maximum absolute atomic E-state index is 14.2. The molecule has 4 aromatic carbocycles. The van der Waals surface area contributed by atoms with Crippen LogP contribution in [0.15, 0.2) is 85.2 Å². The molecule has 0 spiro atoms. The first-order valence-corrected chi connectivity index (χ1v) is 35.3. The van der Waals surface area contributed by atoms with E-state index in [2.05, 4.69) is 142 Å². The number of aliphatic hydroxyl groups excluding tert-OH is 1. The number of para-hydroxylation sites is 2. The zero-order valence-electron chi connectivity index (χ0n) is 58.3. The number of hydrogen-bond donors (Lipinski definition) is 5. The topological polar surface area (TPSA) is 240 Å². The summed E-state index contributed by atoms with van der Waals surface area (Å²) >= 11 is 0.